The Morgan fingerprint density at radius 1 is 1.48 bits per heavy atom. The predicted octanol–water partition coefficient (Wildman–Crippen LogP) is 0.918. The molecule has 1 N–H and O–H groups in total. The first kappa shape index (κ1) is 13.3. The van der Waals surface area contributed by atoms with Crippen LogP contribution in [0.15, 0.2) is 0 Å². The lowest BCUT2D eigenvalue weighted by atomic mass is 9.84. The van der Waals surface area contributed by atoms with E-state index in [2.05, 4.69) is 10.2 Å². The summed E-state index contributed by atoms with van der Waals surface area (Å²) in [6.45, 7) is 2.04. The number of H-pyrrole nitrogens is 1. The first-order chi connectivity index (χ1) is 10.2. The second-order valence-corrected chi connectivity index (χ2v) is 6.43. The van der Waals surface area contributed by atoms with Gasteiger partial charge in [0.15, 0.2) is 5.69 Å². The van der Waals surface area contributed by atoms with Crippen molar-refractivity contribution in [3.05, 3.63) is 17.0 Å². The van der Waals surface area contributed by atoms with E-state index in [9.17, 15) is 4.79 Å². The number of amides is 1. The quantitative estimate of drug-likeness (QED) is 0.880. The molecule has 0 radical (unpaired) electrons. The molecule has 3 aliphatic rings. The molecule has 2 saturated heterocycles. The van der Waals surface area contributed by atoms with Crippen molar-refractivity contribution in [3.63, 3.8) is 0 Å². The monoisotopic (exact) mass is 291 g/mol. The molecule has 1 atom stereocenters. The summed E-state index contributed by atoms with van der Waals surface area (Å²) in [5, 5.41) is 7.23. The van der Waals surface area contributed by atoms with Crippen LogP contribution in [0.5, 0.6) is 0 Å². The second-order valence-electron chi connectivity index (χ2n) is 6.43. The fraction of sp³-hybridized carbons (Fsp3) is 0.733. The van der Waals surface area contributed by atoms with Gasteiger partial charge < -0.3 is 14.4 Å². The van der Waals surface area contributed by atoms with Gasteiger partial charge in [0.25, 0.3) is 5.91 Å². The Balaban J connectivity index is 1.44. The van der Waals surface area contributed by atoms with Crippen LogP contribution in [0.3, 0.4) is 0 Å². The summed E-state index contributed by atoms with van der Waals surface area (Å²) in [5.41, 5.74) is 2.70. The van der Waals surface area contributed by atoms with Crippen LogP contribution in [-0.2, 0) is 22.3 Å². The third kappa shape index (κ3) is 2.08. The zero-order chi connectivity index (χ0) is 14.4. The molecular weight excluding hydrogens is 270 g/mol. The van der Waals surface area contributed by atoms with E-state index in [0.717, 1.165) is 50.0 Å². The van der Waals surface area contributed by atoms with Crippen molar-refractivity contribution < 1.29 is 14.3 Å². The van der Waals surface area contributed by atoms with E-state index in [1.165, 1.54) is 0 Å². The summed E-state index contributed by atoms with van der Waals surface area (Å²) >= 11 is 0. The minimum absolute atomic E-state index is 0.0446. The zero-order valence-electron chi connectivity index (χ0n) is 12.4. The Kier molecular flexibility index (Phi) is 3.04. The van der Waals surface area contributed by atoms with E-state index >= 15 is 0 Å². The predicted molar refractivity (Wildman–Crippen MR) is 75.2 cm³/mol. The fourth-order valence-electron chi connectivity index (χ4n) is 3.84. The number of carbonyl (C=O) groups is 1. The third-order valence-corrected chi connectivity index (χ3v) is 5.04. The summed E-state index contributed by atoms with van der Waals surface area (Å²) in [6.07, 6.45) is 5.18. The number of hydrogen-bond acceptors (Lipinski definition) is 4. The van der Waals surface area contributed by atoms with E-state index in [0.29, 0.717) is 18.8 Å². The van der Waals surface area contributed by atoms with Crippen LogP contribution in [0.2, 0.25) is 0 Å². The van der Waals surface area contributed by atoms with E-state index in [-0.39, 0.29) is 17.6 Å². The lowest BCUT2D eigenvalue weighted by Gasteiger charge is -2.52. The minimum Gasteiger partial charge on any atom is -0.381 e. The van der Waals surface area contributed by atoms with Crippen LogP contribution in [-0.4, -0.2) is 59.5 Å². The molecule has 0 aromatic carbocycles. The molecule has 1 spiro atoms. The molecule has 2 aliphatic heterocycles. The number of hydrogen-bond donors (Lipinski definition) is 1. The number of methoxy groups -OCH3 is 1. The Labute approximate surface area is 123 Å². The molecule has 4 rings (SSSR count). The van der Waals surface area contributed by atoms with Crippen molar-refractivity contribution in [2.45, 2.75) is 43.8 Å². The smallest absolute Gasteiger partial charge is 0.274 e. The van der Waals surface area contributed by atoms with Crippen LogP contribution in [0.25, 0.3) is 0 Å². The van der Waals surface area contributed by atoms with Gasteiger partial charge in [0.1, 0.15) is 5.60 Å². The zero-order valence-corrected chi connectivity index (χ0v) is 12.4. The SMILES string of the molecule is CO[C@H]1CCOC2(C1)CN(C(=O)c1n[nH]c3c1CCC3)C2. The average Bonchev–Trinajstić information content (AvgIpc) is 3.06. The highest BCUT2D eigenvalue weighted by Gasteiger charge is 2.50. The molecule has 6 nitrogen and oxygen atoms in total. The number of aryl methyl sites for hydroxylation is 1. The highest BCUT2D eigenvalue weighted by atomic mass is 16.5. The van der Waals surface area contributed by atoms with Crippen molar-refractivity contribution >= 4 is 5.91 Å². The molecule has 1 amide bonds. The molecular formula is C15H21N3O3. The molecule has 0 bridgehead atoms. The standard InChI is InChI=1S/C15H21N3O3/c1-20-10-5-6-21-15(7-10)8-18(9-15)14(19)13-11-3-2-4-12(11)16-17-13/h10H,2-9H2,1H3,(H,16,17)/t10-/m0/s1. The maximum atomic E-state index is 12.6. The average molecular weight is 291 g/mol. The number of fused-ring (bicyclic) bond motifs is 1. The summed E-state index contributed by atoms with van der Waals surface area (Å²) < 4.78 is 11.4. The van der Waals surface area contributed by atoms with Gasteiger partial charge in [-0.1, -0.05) is 0 Å². The van der Waals surface area contributed by atoms with E-state index in [4.69, 9.17) is 9.47 Å². The van der Waals surface area contributed by atoms with Gasteiger partial charge in [-0.25, -0.2) is 0 Å². The summed E-state index contributed by atoms with van der Waals surface area (Å²) in [7, 11) is 1.75. The molecule has 1 aromatic heterocycles. The summed E-state index contributed by atoms with van der Waals surface area (Å²) in [5.74, 6) is 0.0446. The van der Waals surface area contributed by atoms with Crippen LogP contribution < -0.4 is 0 Å². The van der Waals surface area contributed by atoms with Crippen molar-refractivity contribution in [1.29, 1.82) is 0 Å². The molecule has 114 valence electrons. The highest BCUT2D eigenvalue weighted by Crippen LogP contribution is 2.36. The normalized spacial score (nSPS) is 26.7. The Morgan fingerprint density at radius 2 is 2.33 bits per heavy atom. The summed E-state index contributed by atoms with van der Waals surface area (Å²) in [6, 6.07) is 0. The van der Waals surface area contributed by atoms with Crippen LogP contribution >= 0.6 is 0 Å². The maximum Gasteiger partial charge on any atom is 0.274 e. The van der Waals surface area contributed by atoms with Gasteiger partial charge in [0.2, 0.25) is 0 Å². The highest BCUT2D eigenvalue weighted by molar-refractivity contribution is 5.94. The molecule has 3 heterocycles. The van der Waals surface area contributed by atoms with Gasteiger partial charge in [-0.3, -0.25) is 9.89 Å². The summed E-state index contributed by atoms with van der Waals surface area (Å²) in [4.78, 5) is 14.4. The van der Waals surface area contributed by atoms with Gasteiger partial charge >= 0.3 is 0 Å². The van der Waals surface area contributed by atoms with E-state index < -0.39 is 0 Å². The first-order valence-electron chi connectivity index (χ1n) is 7.73. The lowest BCUT2D eigenvalue weighted by Crippen LogP contribution is -2.67. The molecule has 21 heavy (non-hydrogen) atoms. The van der Waals surface area contributed by atoms with E-state index in [1.807, 2.05) is 4.90 Å². The van der Waals surface area contributed by atoms with Crippen LogP contribution in [0.1, 0.15) is 41.0 Å². The van der Waals surface area contributed by atoms with Gasteiger partial charge in [-0.05, 0) is 25.7 Å². The van der Waals surface area contributed by atoms with Crippen molar-refractivity contribution in [3.8, 4) is 0 Å². The molecule has 6 heteroatoms. The molecule has 0 saturated carbocycles. The Morgan fingerprint density at radius 3 is 3.14 bits per heavy atom. The topological polar surface area (TPSA) is 67.5 Å². The van der Waals surface area contributed by atoms with Crippen molar-refractivity contribution in [1.82, 2.24) is 15.1 Å². The van der Waals surface area contributed by atoms with Gasteiger partial charge in [-0.15, -0.1) is 0 Å². The number of aromatic nitrogens is 2. The number of aromatic amines is 1. The van der Waals surface area contributed by atoms with Gasteiger partial charge in [-0.2, -0.15) is 5.10 Å². The van der Waals surface area contributed by atoms with E-state index in [1.54, 1.807) is 7.11 Å². The minimum atomic E-state index is -0.186. The number of carbonyl (C=O) groups excluding carboxylic acids is 1. The van der Waals surface area contributed by atoms with Crippen molar-refractivity contribution in [2.24, 2.45) is 0 Å². The van der Waals surface area contributed by atoms with Crippen LogP contribution in [0, 0.1) is 0 Å². The first-order valence-corrected chi connectivity index (χ1v) is 7.73. The van der Waals surface area contributed by atoms with Crippen molar-refractivity contribution in [2.75, 3.05) is 26.8 Å². The molecule has 2 fully saturated rings. The number of likely N-dealkylation sites (tertiary alicyclic amines) is 1. The number of nitrogens with zero attached hydrogens (tertiary/aromatic N) is 2. The van der Waals surface area contributed by atoms with Gasteiger partial charge in [0.05, 0.1) is 19.2 Å². The maximum absolute atomic E-state index is 12.6. The number of ether oxygens (including phenoxy) is 2. The second kappa shape index (κ2) is 4.81. The Hall–Kier alpha value is -1.40. The molecule has 1 aromatic rings. The van der Waals surface area contributed by atoms with Crippen LogP contribution in [0.4, 0.5) is 0 Å². The van der Waals surface area contributed by atoms with Gasteiger partial charge in [0, 0.05) is 31.4 Å². The Bertz CT molecular complexity index is 563. The fourth-order valence-corrected chi connectivity index (χ4v) is 3.84. The third-order valence-electron chi connectivity index (χ3n) is 5.04. The molecule has 1 aliphatic carbocycles. The lowest BCUT2D eigenvalue weighted by molar-refractivity contribution is -0.182. The number of nitrogens with one attached hydrogen (secondary N) is 1. The number of rotatable bonds is 2. The largest absolute Gasteiger partial charge is 0.381 e. The molecule has 0 unspecified atom stereocenters.